The predicted octanol–water partition coefficient (Wildman–Crippen LogP) is 3.70. The average Bonchev–Trinajstić information content (AvgIpc) is 3.33. The van der Waals surface area contributed by atoms with E-state index in [0.29, 0.717) is 69.5 Å². The van der Waals surface area contributed by atoms with Crippen LogP contribution in [0.5, 0.6) is 11.5 Å². The van der Waals surface area contributed by atoms with Crippen LogP contribution in [-0.4, -0.2) is 59.6 Å². The molecule has 10 nitrogen and oxygen atoms in total. The molecule has 12 heteroatoms. The second kappa shape index (κ2) is 11.0. The third-order valence-corrected chi connectivity index (χ3v) is 6.23. The van der Waals surface area contributed by atoms with Gasteiger partial charge in [-0.15, -0.1) is 0 Å². The second-order valence-electron chi connectivity index (χ2n) is 7.66. The zero-order chi connectivity index (χ0) is 25.8. The zero-order valence-corrected chi connectivity index (χ0v) is 21.5. The van der Waals surface area contributed by atoms with Gasteiger partial charge in [0.05, 0.1) is 30.0 Å². The standard InChI is InChI=1S/C24H25Cl2N7O3/c1-5-18(34)29-7-6-28-11-14-12-33-22-13(10-30-24(27-2)32-22)8-15(23(33)31-14)19-20(25)16(35-3)9-17(36-4)21(19)26/h5,8-10,12,28H,1,6-7,11H2,2-4H3,(H,29,34)(H,27,30,32). The largest absolute Gasteiger partial charge is 0.495 e. The van der Waals surface area contributed by atoms with Gasteiger partial charge in [-0.1, -0.05) is 29.8 Å². The molecule has 0 aliphatic heterocycles. The van der Waals surface area contributed by atoms with Crippen LogP contribution in [0.15, 0.2) is 37.2 Å². The minimum atomic E-state index is -0.219. The number of amides is 1. The first-order chi connectivity index (χ1) is 17.4. The van der Waals surface area contributed by atoms with Crippen molar-refractivity contribution >= 4 is 51.7 Å². The van der Waals surface area contributed by atoms with Gasteiger partial charge in [0, 0.05) is 61.7 Å². The third kappa shape index (κ3) is 4.88. The van der Waals surface area contributed by atoms with Gasteiger partial charge in [0.15, 0.2) is 5.65 Å². The molecule has 0 atom stereocenters. The topological polar surface area (TPSA) is 115 Å². The Kier molecular flexibility index (Phi) is 7.78. The molecule has 36 heavy (non-hydrogen) atoms. The van der Waals surface area contributed by atoms with Crippen LogP contribution in [0.4, 0.5) is 5.95 Å². The van der Waals surface area contributed by atoms with Gasteiger partial charge >= 0.3 is 0 Å². The van der Waals surface area contributed by atoms with Crippen LogP contribution in [-0.2, 0) is 11.3 Å². The van der Waals surface area contributed by atoms with Crippen LogP contribution >= 0.6 is 23.2 Å². The average molecular weight is 530 g/mol. The van der Waals surface area contributed by atoms with Gasteiger partial charge < -0.3 is 25.4 Å². The summed E-state index contributed by atoms with van der Waals surface area (Å²) in [4.78, 5) is 25.2. The highest BCUT2D eigenvalue weighted by Crippen LogP contribution is 2.47. The maximum absolute atomic E-state index is 11.3. The van der Waals surface area contributed by atoms with Gasteiger partial charge in [-0.25, -0.2) is 9.97 Å². The number of nitrogens with one attached hydrogen (secondary N) is 3. The van der Waals surface area contributed by atoms with Gasteiger partial charge in [-0.05, 0) is 12.1 Å². The Morgan fingerprint density at radius 1 is 1.11 bits per heavy atom. The molecule has 1 amide bonds. The van der Waals surface area contributed by atoms with Crippen LogP contribution in [0.1, 0.15) is 5.69 Å². The maximum Gasteiger partial charge on any atom is 0.243 e. The fraction of sp³-hybridized carbons (Fsp3) is 0.250. The first-order valence-corrected chi connectivity index (χ1v) is 11.7. The van der Waals surface area contributed by atoms with Gasteiger partial charge in [0.25, 0.3) is 0 Å². The van der Waals surface area contributed by atoms with E-state index in [-0.39, 0.29) is 5.91 Å². The monoisotopic (exact) mass is 529 g/mol. The van der Waals surface area contributed by atoms with Crippen LogP contribution in [0.25, 0.3) is 27.8 Å². The number of anilines is 1. The van der Waals surface area contributed by atoms with Crippen molar-refractivity contribution in [2.24, 2.45) is 0 Å². The number of fused-ring (bicyclic) bond motifs is 3. The molecule has 3 N–H and O–H groups in total. The summed E-state index contributed by atoms with van der Waals surface area (Å²) in [5.74, 6) is 1.09. The van der Waals surface area contributed by atoms with Gasteiger partial charge in [0.2, 0.25) is 11.9 Å². The van der Waals surface area contributed by atoms with Crippen molar-refractivity contribution in [3.05, 3.63) is 52.9 Å². The molecule has 3 aromatic heterocycles. The van der Waals surface area contributed by atoms with E-state index in [0.717, 1.165) is 11.1 Å². The lowest BCUT2D eigenvalue weighted by atomic mass is 10.0. The summed E-state index contributed by atoms with van der Waals surface area (Å²) in [6, 6.07) is 3.53. The second-order valence-corrected chi connectivity index (χ2v) is 8.42. The number of halogens is 2. The molecule has 0 unspecified atom stereocenters. The molecule has 0 saturated carbocycles. The number of carbonyl (C=O) groups excluding carboxylic acids is 1. The van der Waals surface area contributed by atoms with Gasteiger partial charge in [0.1, 0.15) is 17.1 Å². The molecular formula is C24H25Cl2N7O3. The van der Waals surface area contributed by atoms with E-state index < -0.39 is 0 Å². The number of ether oxygens (including phenoxy) is 2. The maximum atomic E-state index is 11.3. The molecule has 0 saturated heterocycles. The van der Waals surface area contributed by atoms with Crippen molar-refractivity contribution in [2.45, 2.75) is 6.54 Å². The molecule has 0 aliphatic carbocycles. The van der Waals surface area contributed by atoms with Crippen LogP contribution < -0.4 is 25.4 Å². The third-order valence-electron chi connectivity index (χ3n) is 5.48. The Morgan fingerprint density at radius 3 is 2.47 bits per heavy atom. The smallest absolute Gasteiger partial charge is 0.243 e. The fourth-order valence-corrected chi connectivity index (χ4v) is 4.46. The number of nitrogens with zero attached hydrogens (tertiary/aromatic N) is 4. The highest BCUT2D eigenvalue weighted by Gasteiger charge is 2.23. The van der Waals surface area contributed by atoms with E-state index in [9.17, 15) is 4.79 Å². The summed E-state index contributed by atoms with van der Waals surface area (Å²) in [5.41, 5.74) is 3.20. The van der Waals surface area contributed by atoms with E-state index in [1.807, 2.05) is 16.7 Å². The summed E-state index contributed by atoms with van der Waals surface area (Å²) in [6.07, 6.45) is 4.85. The summed E-state index contributed by atoms with van der Waals surface area (Å²) in [7, 11) is 4.81. The van der Waals surface area contributed by atoms with Crippen LogP contribution in [0.3, 0.4) is 0 Å². The molecule has 0 aliphatic rings. The number of carbonyl (C=O) groups is 1. The van der Waals surface area contributed by atoms with Crippen molar-refractivity contribution in [2.75, 3.05) is 39.7 Å². The number of hydrogen-bond donors (Lipinski definition) is 3. The van der Waals surface area contributed by atoms with Crippen LogP contribution in [0.2, 0.25) is 10.0 Å². The van der Waals surface area contributed by atoms with E-state index in [1.54, 1.807) is 19.3 Å². The number of imidazole rings is 1. The Hall–Kier alpha value is -3.60. The lowest BCUT2D eigenvalue weighted by molar-refractivity contribution is -0.116. The summed E-state index contributed by atoms with van der Waals surface area (Å²) >= 11 is 13.5. The highest BCUT2D eigenvalue weighted by atomic mass is 35.5. The number of benzene rings is 1. The van der Waals surface area contributed by atoms with Crippen molar-refractivity contribution in [1.29, 1.82) is 0 Å². The predicted molar refractivity (Wildman–Crippen MR) is 141 cm³/mol. The molecule has 0 bridgehead atoms. The van der Waals surface area contributed by atoms with Crippen molar-refractivity contribution in [3.63, 3.8) is 0 Å². The number of hydrogen-bond acceptors (Lipinski definition) is 8. The number of pyridine rings is 1. The fourth-order valence-electron chi connectivity index (χ4n) is 3.75. The van der Waals surface area contributed by atoms with Gasteiger partial charge in [-0.3, -0.25) is 9.20 Å². The number of aromatic nitrogens is 4. The molecule has 1 aromatic carbocycles. The Labute approximate surface area is 217 Å². The normalized spacial score (nSPS) is 11.0. The summed E-state index contributed by atoms with van der Waals surface area (Å²) in [6.45, 7) is 4.91. The number of methoxy groups -OCH3 is 2. The van der Waals surface area contributed by atoms with E-state index >= 15 is 0 Å². The molecule has 0 spiro atoms. The van der Waals surface area contributed by atoms with Gasteiger partial charge in [-0.2, -0.15) is 4.98 Å². The molecular weight excluding hydrogens is 505 g/mol. The van der Waals surface area contributed by atoms with Crippen molar-refractivity contribution < 1.29 is 14.3 Å². The Morgan fingerprint density at radius 2 is 1.83 bits per heavy atom. The van der Waals surface area contributed by atoms with E-state index in [4.69, 9.17) is 37.7 Å². The molecule has 0 fully saturated rings. The van der Waals surface area contributed by atoms with E-state index in [1.165, 1.54) is 20.3 Å². The first-order valence-electron chi connectivity index (χ1n) is 11.0. The molecule has 3 heterocycles. The zero-order valence-electron chi connectivity index (χ0n) is 20.0. The van der Waals surface area contributed by atoms with Crippen molar-refractivity contribution in [1.82, 2.24) is 30.0 Å². The lowest BCUT2D eigenvalue weighted by Gasteiger charge is -2.16. The highest BCUT2D eigenvalue weighted by molar-refractivity contribution is 6.41. The summed E-state index contributed by atoms with van der Waals surface area (Å²) in [5, 5.41) is 10.4. The molecule has 4 rings (SSSR count). The van der Waals surface area contributed by atoms with Crippen LogP contribution in [0, 0.1) is 0 Å². The minimum absolute atomic E-state index is 0.219. The Bertz CT molecular complexity index is 1430. The molecule has 4 aromatic rings. The Balaban J connectivity index is 1.85. The minimum Gasteiger partial charge on any atom is -0.495 e. The van der Waals surface area contributed by atoms with Crippen molar-refractivity contribution in [3.8, 4) is 22.6 Å². The lowest BCUT2D eigenvalue weighted by Crippen LogP contribution is -2.30. The molecule has 188 valence electrons. The quantitative estimate of drug-likeness (QED) is 0.210. The molecule has 0 radical (unpaired) electrons. The SMILES string of the molecule is C=CC(=O)NCCNCc1cn2c(n1)c(-c1c(Cl)c(OC)cc(OC)c1Cl)cc1cnc(NC)nc12. The first kappa shape index (κ1) is 25.5. The van der Waals surface area contributed by atoms with E-state index in [2.05, 4.69) is 32.5 Å². The summed E-state index contributed by atoms with van der Waals surface area (Å²) < 4.78 is 12.8. The number of rotatable bonds is 10.